The molecule has 0 radical (unpaired) electrons. The number of aliphatic imine (C=N–C) groups is 1. The minimum absolute atomic E-state index is 0.0347. The molecular weight excluding hydrogens is 518 g/mol. The SMILES string of the molecule is COCCNC(=O)OCc1cc(Cl)cc(CN/C(N)=N\C(=O)c2c(-c3ccc(OC)cc3)nsc2C)c1. The van der Waals surface area contributed by atoms with Crippen LogP contribution in [-0.2, 0) is 22.6 Å². The second-order valence-electron chi connectivity index (χ2n) is 7.81. The maximum absolute atomic E-state index is 13.0. The fraction of sp³-hybridized carbons (Fsp3) is 0.280. The van der Waals surface area contributed by atoms with Crippen molar-refractivity contribution in [3.63, 3.8) is 0 Å². The van der Waals surface area contributed by atoms with E-state index >= 15 is 0 Å². The van der Waals surface area contributed by atoms with Crippen LogP contribution in [0.3, 0.4) is 0 Å². The third kappa shape index (κ3) is 8.17. The van der Waals surface area contributed by atoms with Crippen molar-refractivity contribution in [1.29, 1.82) is 0 Å². The van der Waals surface area contributed by atoms with E-state index in [4.69, 9.17) is 31.5 Å². The molecule has 37 heavy (non-hydrogen) atoms. The van der Waals surface area contributed by atoms with Crippen LogP contribution in [0.2, 0.25) is 5.02 Å². The summed E-state index contributed by atoms with van der Waals surface area (Å²) >= 11 is 7.44. The summed E-state index contributed by atoms with van der Waals surface area (Å²) in [6, 6.07) is 12.5. The smallest absolute Gasteiger partial charge is 0.407 e. The number of rotatable bonds is 10. The van der Waals surface area contributed by atoms with Crippen LogP contribution in [-0.4, -0.2) is 49.7 Å². The Morgan fingerprint density at radius 3 is 2.54 bits per heavy atom. The average Bonchev–Trinajstić information content (AvgIpc) is 3.27. The van der Waals surface area contributed by atoms with Gasteiger partial charge in [0.2, 0.25) is 0 Å². The molecule has 10 nitrogen and oxygen atoms in total. The molecule has 2 amide bonds. The zero-order valence-electron chi connectivity index (χ0n) is 20.7. The minimum Gasteiger partial charge on any atom is -0.497 e. The van der Waals surface area contributed by atoms with Crippen LogP contribution in [0.1, 0.15) is 26.4 Å². The number of guanidine groups is 1. The lowest BCUT2D eigenvalue weighted by Crippen LogP contribution is -2.32. The van der Waals surface area contributed by atoms with Crippen molar-refractivity contribution in [2.24, 2.45) is 10.7 Å². The number of methoxy groups -OCH3 is 2. The van der Waals surface area contributed by atoms with Gasteiger partial charge in [0.05, 0.1) is 25.0 Å². The Morgan fingerprint density at radius 1 is 1.11 bits per heavy atom. The van der Waals surface area contributed by atoms with Crippen molar-refractivity contribution in [3.05, 3.63) is 69.1 Å². The molecule has 12 heteroatoms. The maximum atomic E-state index is 13.0. The molecule has 4 N–H and O–H groups in total. The number of amides is 2. The van der Waals surface area contributed by atoms with Crippen LogP contribution in [0.4, 0.5) is 4.79 Å². The number of halogens is 1. The number of hydrogen-bond donors (Lipinski definition) is 3. The first-order valence-corrected chi connectivity index (χ1v) is 12.4. The molecule has 196 valence electrons. The van der Waals surface area contributed by atoms with Crippen LogP contribution in [0.15, 0.2) is 47.5 Å². The van der Waals surface area contributed by atoms with Gasteiger partial charge in [0, 0.05) is 35.7 Å². The Kier molecular flexibility index (Phi) is 10.2. The standard InChI is InChI=1S/C25H28ClN5O5S/c1-15-21(22(31-37-15)18-4-6-20(35-3)7-5-18)23(32)30-24(27)29-13-16-10-17(12-19(26)11-16)14-36-25(33)28-8-9-34-2/h4-7,10-12H,8-9,13-14H2,1-3H3,(H,28,33)(H3,27,29,30,32). The lowest BCUT2D eigenvalue weighted by atomic mass is 10.1. The Labute approximate surface area is 223 Å². The third-order valence-corrected chi connectivity index (χ3v) is 6.07. The van der Waals surface area contributed by atoms with Gasteiger partial charge in [0.1, 0.15) is 12.4 Å². The van der Waals surface area contributed by atoms with E-state index in [1.165, 1.54) is 11.5 Å². The number of carbonyl (C=O) groups is 2. The lowest BCUT2D eigenvalue weighted by molar-refractivity contribution is 0.100. The van der Waals surface area contributed by atoms with Crippen LogP contribution >= 0.6 is 23.1 Å². The van der Waals surface area contributed by atoms with Crippen molar-refractivity contribution in [1.82, 2.24) is 15.0 Å². The molecule has 0 aliphatic heterocycles. The topological polar surface area (TPSA) is 137 Å². The molecule has 0 saturated heterocycles. The highest BCUT2D eigenvalue weighted by molar-refractivity contribution is 7.06. The summed E-state index contributed by atoms with van der Waals surface area (Å²) < 4.78 is 19.7. The van der Waals surface area contributed by atoms with E-state index in [9.17, 15) is 9.59 Å². The first-order valence-electron chi connectivity index (χ1n) is 11.2. The van der Waals surface area contributed by atoms with E-state index in [2.05, 4.69) is 20.0 Å². The minimum atomic E-state index is -0.557. The molecule has 3 aromatic rings. The van der Waals surface area contributed by atoms with Gasteiger partial charge >= 0.3 is 6.09 Å². The van der Waals surface area contributed by atoms with Gasteiger partial charge in [-0.1, -0.05) is 17.7 Å². The highest BCUT2D eigenvalue weighted by Crippen LogP contribution is 2.30. The van der Waals surface area contributed by atoms with Gasteiger partial charge < -0.3 is 30.6 Å². The van der Waals surface area contributed by atoms with E-state index < -0.39 is 12.0 Å². The second-order valence-corrected chi connectivity index (χ2v) is 9.22. The molecule has 0 atom stereocenters. The van der Waals surface area contributed by atoms with E-state index in [-0.39, 0.29) is 19.1 Å². The Bertz CT molecular complexity index is 1260. The Morgan fingerprint density at radius 2 is 1.84 bits per heavy atom. The predicted octanol–water partition coefficient (Wildman–Crippen LogP) is 3.90. The quantitative estimate of drug-likeness (QED) is 0.198. The molecule has 1 heterocycles. The van der Waals surface area contributed by atoms with Gasteiger partial charge in [-0.25, -0.2) is 4.79 Å². The summed E-state index contributed by atoms with van der Waals surface area (Å²) in [5, 5.41) is 5.96. The number of alkyl carbamates (subject to hydrolysis) is 1. The molecule has 1 aromatic heterocycles. The van der Waals surface area contributed by atoms with Crippen molar-refractivity contribution >= 4 is 41.1 Å². The number of ether oxygens (including phenoxy) is 3. The van der Waals surface area contributed by atoms with Gasteiger partial charge in [-0.3, -0.25) is 4.79 Å². The highest BCUT2D eigenvalue weighted by atomic mass is 35.5. The molecule has 0 spiro atoms. The monoisotopic (exact) mass is 545 g/mol. The van der Waals surface area contributed by atoms with Crippen LogP contribution in [0.5, 0.6) is 5.75 Å². The molecular formula is C25H28ClN5O5S. The normalized spacial score (nSPS) is 11.2. The molecule has 0 aliphatic rings. The van der Waals surface area contributed by atoms with Gasteiger partial charge in [-0.05, 0) is 66.0 Å². The van der Waals surface area contributed by atoms with Gasteiger partial charge in [0.25, 0.3) is 5.91 Å². The van der Waals surface area contributed by atoms with Crippen molar-refractivity contribution in [2.45, 2.75) is 20.1 Å². The summed E-state index contributed by atoms with van der Waals surface area (Å²) in [5.74, 6) is 0.157. The zero-order valence-corrected chi connectivity index (χ0v) is 22.2. The number of nitrogens with zero attached hydrogens (tertiary/aromatic N) is 2. The third-order valence-electron chi connectivity index (χ3n) is 5.10. The summed E-state index contributed by atoms with van der Waals surface area (Å²) in [4.78, 5) is 29.5. The lowest BCUT2D eigenvalue weighted by Gasteiger charge is -2.10. The van der Waals surface area contributed by atoms with E-state index in [0.717, 1.165) is 16.0 Å². The average molecular weight is 546 g/mol. The summed E-state index contributed by atoms with van der Waals surface area (Å²) in [6.07, 6.45) is -0.557. The number of nitrogens with two attached hydrogens (primary N) is 1. The van der Waals surface area contributed by atoms with E-state index in [0.29, 0.717) is 40.7 Å². The largest absolute Gasteiger partial charge is 0.497 e. The highest BCUT2D eigenvalue weighted by Gasteiger charge is 2.20. The van der Waals surface area contributed by atoms with Gasteiger partial charge in [-0.2, -0.15) is 9.37 Å². The fourth-order valence-corrected chi connectivity index (χ4v) is 4.31. The molecule has 0 fully saturated rings. The second kappa shape index (κ2) is 13.6. The number of carbonyl (C=O) groups excluding carboxylic acids is 2. The fourth-order valence-electron chi connectivity index (χ4n) is 3.33. The summed E-state index contributed by atoms with van der Waals surface area (Å²) in [6.45, 7) is 2.83. The number of aryl methyl sites for hydroxylation is 1. The Balaban J connectivity index is 1.64. The van der Waals surface area contributed by atoms with Gasteiger partial charge in [0.15, 0.2) is 5.96 Å². The first kappa shape index (κ1) is 27.9. The van der Waals surface area contributed by atoms with Gasteiger partial charge in [-0.15, -0.1) is 0 Å². The zero-order chi connectivity index (χ0) is 26.8. The molecule has 0 saturated carbocycles. The molecule has 0 unspecified atom stereocenters. The molecule has 2 aromatic carbocycles. The summed E-state index contributed by atoms with van der Waals surface area (Å²) in [7, 11) is 3.13. The predicted molar refractivity (Wildman–Crippen MR) is 143 cm³/mol. The molecule has 0 aliphatic carbocycles. The summed E-state index contributed by atoms with van der Waals surface area (Å²) in [5.41, 5.74) is 9.17. The van der Waals surface area contributed by atoms with Crippen molar-refractivity contribution in [2.75, 3.05) is 27.4 Å². The number of hydrogen-bond acceptors (Lipinski definition) is 7. The molecule has 3 rings (SSSR count). The maximum Gasteiger partial charge on any atom is 0.407 e. The number of aromatic nitrogens is 1. The van der Waals surface area contributed by atoms with Crippen LogP contribution < -0.4 is 21.1 Å². The van der Waals surface area contributed by atoms with Crippen molar-refractivity contribution in [3.8, 4) is 17.0 Å². The van der Waals surface area contributed by atoms with Crippen LogP contribution in [0, 0.1) is 6.92 Å². The Hall–Kier alpha value is -3.67. The molecule has 0 bridgehead atoms. The van der Waals surface area contributed by atoms with Crippen LogP contribution in [0.25, 0.3) is 11.3 Å². The number of benzene rings is 2. The first-order chi connectivity index (χ1) is 17.8. The number of nitrogens with one attached hydrogen (secondary N) is 2. The van der Waals surface area contributed by atoms with E-state index in [1.54, 1.807) is 38.5 Å². The van der Waals surface area contributed by atoms with E-state index in [1.807, 2.05) is 25.1 Å². The van der Waals surface area contributed by atoms with Crippen molar-refractivity contribution < 1.29 is 23.8 Å².